The number of nitrogens with one attached hydrogen (secondary N) is 1. The fraction of sp³-hybridized carbons (Fsp3) is 0.500. The number of aryl methyl sites for hydroxylation is 1. The second-order valence-corrected chi connectivity index (χ2v) is 5.00. The summed E-state index contributed by atoms with van der Waals surface area (Å²) in [4.78, 5) is 11.4. The van der Waals surface area contributed by atoms with Crippen molar-refractivity contribution in [3.8, 4) is 0 Å². The Bertz CT molecular complexity index is 446. The summed E-state index contributed by atoms with van der Waals surface area (Å²) < 4.78 is 5.02. The minimum atomic E-state index is -1.04. The Morgan fingerprint density at radius 3 is 2.94 bits per heavy atom. The molecule has 1 aromatic carbocycles. The van der Waals surface area contributed by atoms with Gasteiger partial charge in [-0.2, -0.15) is 0 Å². The lowest BCUT2D eigenvalue weighted by Gasteiger charge is -2.29. The van der Waals surface area contributed by atoms with E-state index in [0.717, 1.165) is 12.8 Å². The molecular weight excluding hydrogens is 230 g/mol. The average Bonchev–Trinajstić information content (AvgIpc) is 2.73. The summed E-state index contributed by atoms with van der Waals surface area (Å²) in [6, 6.07) is 8.28. The molecule has 0 aliphatic heterocycles. The number of carbonyl (C=O) groups is 1. The number of rotatable bonds is 5. The van der Waals surface area contributed by atoms with Crippen LogP contribution in [0, 0.1) is 0 Å². The van der Waals surface area contributed by atoms with Crippen LogP contribution < -0.4 is 5.32 Å². The molecule has 1 aromatic rings. The number of hydrogen-bond acceptors (Lipinski definition) is 3. The third-order valence-electron chi connectivity index (χ3n) is 3.53. The summed E-state index contributed by atoms with van der Waals surface area (Å²) in [6.45, 7) is 1.82. The highest BCUT2D eigenvalue weighted by atomic mass is 16.5. The van der Waals surface area contributed by atoms with E-state index in [1.165, 1.54) is 18.2 Å². The fourth-order valence-corrected chi connectivity index (χ4v) is 2.55. The zero-order valence-corrected chi connectivity index (χ0v) is 10.8. The Labute approximate surface area is 107 Å². The first-order valence-corrected chi connectivity index (χ1v) is 6.14. The molecule has 1 aliphatic carbocycles. The normalized spacial score (nSPS) is 21.3. The molecule has 4 heteroatoms. The molecule has 2 rings (SSSR count). The summed E-state index contributed by atoms with van der Waals surface area (Å²) in [5.41, 5.74) is 1.47. The molecular formula is C14H19NO3. The highest BCUT2D eigenvalue weighted by Gasteiger charge is 2.37. The van der Waals surface area contributed by atoms with Crippen molar-refractivity contribution in [1.82, 2.24) is 5.32 Å². The van der Waals surface area contributed by atoms with Crippen molar-refractivity contribution in [2.24, 2.45) is 0 Å². The van der Waals surface area contributed by atoms with Crippen LogP contribution in [0.5, 0.6) is 0 Å². The van der Waals surface area contributed by atoms with Crippen molar-refractivity contribution < 1.29 is 14.6 Å². The summed E-state index contributed by atoms with van der Waals surface area (Å²) >= 11 is 0. The number of carboxylic acid groups (broad SMARTS) is 1. The van der Waals surface area contributed by atoms with Crippen molar-refractivity contribution in [1.29, 1.82) is 0 Å². The SMILES string of the molecule is COCC(C)(NC1CCc2ccccc21)C(=O)O. The molecule has 1 aliphatic rings. The maximum Gasteiger partial charge on any atom is 0.326 e. The van der Waals surface area contributed by atoms with Crippen LogP contribution >= 0.6 is 0 Å². The topological polar surface area (TPSA) is 58.6 Å². The summed E-state index contributed by atoms with van der Waals surface area (Å²) in [5.74, 6) is -0.881. The Kier molecular flexibility index (Phi) is 3.68. The van der Waals surface area contributed by atoms with E-state index in [4.69, 9.17) is 4.74 Å². The van der Waals surface area contributed by atoms with Gasteiger partial charge in [0.15, 0.2) is 0 Å². The first-order chi connectivity index (χ1) is 8.57. The van der Waals surface area contributed by atoms with Crippen molar-refractivity contribution in [3.05, 3.63) is 35.4 Å². The van der Waals surface area contributed by atoms with Gasteiger partial charge in [-0.25, -0.2) is 0 Å². The molecule has 0 saturated carbocycles. The van der Waals surface area contributed by atoms with E-state index in [1.807, 2.05) is 12.1 Å². The molecule has 0 aromatic heterocycles. The fourth-order valence-electron chi connectivity index (χ4n) is 2.55. The Morgan fingerprint density at radius 2 is 2.28 bits per heavy atom. The van der Waals surface area contributed by atoms with E-state index in [-0.39, 0.29) is 12.6 Å². The van der Waals surface area contributed by atoms with E-state index in [1.54, 1.807) is 6.92 Å². The minimum Gasteiger partial charge on any atom is -0.480 e. The number of carboxylic acids is 1. The number of hydrogen-bond donors (Lipinski definition) is 2. The predicted octanol–water partition coefficient (Wildman–Crippen LogP) is 1.75. The maximum atomic E-state index is 11.4. The smallest absolute Gasteiger partial charge is 0.326 e. The zero-order chi connectivity index (χ0) is 13.2. The molecule has 0 spiro atoms. The van der Waals surface area contributed by atoms with Gasteiger partial charge in [-0.3, -0.25) is 10.1 Å². The van der Waals surface area contributed by atoms with Gasteiger partial charge in [0.2, 0.25) is 0 Å². The van der Waals surface area contributed by atoms with Gasteiger partial charge in [0, 0.05) is 13.2 Å². The van der Waals surface area contributed by atoms with Gasteiger partial charge in [0.1, 0.15) is 5.54 Å². The molecule has 0 amide bonds. The summed E-state index contributed by atoms with van der Waals surface area (Å²) in [6.07, 6.45) is 1.93. The molecule has 98 valence electrons. The van der Waals surface area contributed by atoms with Crippen LogP contribution in [0.15, 0.2) is 24.3 Å². The quantitative estimate of drug-likeness (QED) is 0.834. The number of aliphatic carboxylic acids is 1. The van der Waals surface area contributed by atoms with E-state index in [0.29, 0.717) is 0 Å². The predicted molar refractivity (Wildman–Crippen MR) is 68.6 cm³/mol. The monoisotopic (exact) mass is 249 g/mol. The van der Waals surface area contributed by atoms with Crippen LogP contribution in [-0.4, -0.2) is 30.3 Å². The number of benzene rings is 1. The molecule has 0 heterocycles. The summed E-state index contributed by atoms with van der Waals surface area (Å²) in [7, 11) is 1.52. The van der Waals surface area contributed by atoms with Crippen molar-refractivity contribution in [2.75, 3.05) is 13.7 Å². The first-order valence-electron chi connectivity index (χ1n) is 6.14. The first kappa shape index (κ1) is 13.1. The molecule has 2 atom stereocenters. The molecule has 0 radical (unpaired) electrons. The van der Waals surface area contributed by atoms with Crippen LogP contribution in [0.2, 0.25) is 0 Å². The molecule has 0 fully saturated rings. The molecule has 2 N–H and O–H groups in total. The number of fused-ring (bicyclic) bond motifs is 1. The second-order valence-electron chi connectivity index (χ2n) is 5.00. The van der Waals surface area contributed by atoms with Gasteiger partial charge in [-0.05, 0) is 30.9 Å². The third-order valence-corrected chi connectivity index (χ3v) is 3.53. The molecule has 2 unspecified atom stereocenters. The lowest BCUT2D eigenvalue weighted by atomic mass is 10.00. The summed E-state index contributed by atoms with van der Waals surface area (Å²) in [5, 5.41) is 12.6. The largest absolute Gasteiger partial charge is 0.480 e. The average molecular weight is 249 g/mol. The van der Waals surface area contributed by atoms with Crippen LogP contribution in [0.1, 0.15) is 30.5 Å². The molecule has 0 bridgehead atoms. The van der Waals surface area contributed by atoms with E-state index in [2.05, 4.69) is 17.4 Å². The standard InChI is InChI=1S/C14H19NO3/c1-14(9-18-2,13(16)17)15-12-8-7-10-5-3-4-6-11(10)12/h3-6,12,15H,7-9H2,1-2H3,(H,16,17). The van der Waals surface area contributed by atoms with E-state index in [9.17, 15) is 9.90 Å². The van der Waals surface area contributed by atoms with Gasteiger partial charge in [0.05, 0.1) is 6.61 Å². The highest BCUT2D eigenvalue weighted by Crippen LogP contribution is 2.32. The van der Waals surface area contributed by atoms with Crippen LogP contribution in [0.3, 0.4) is 0 Å². The number of ether oxygens (including phenoxy) is 1. The van der Waals surface area contributed by atoms with Crippen LogP contribution in [-0.2, 0) is 16.0 Å². The van der Waals surface area contributed by atoms with Gasteiger partial charge in [0.25, 0.3) is 0 Å². The van der Waals surface area contributed by atoms with E-state index < -0.39 is 11.5 Å². The van der Waals surface area contributed by atoms with Crippen molar-refractivity contribution in [3.63, 3.8) is 0 Å². The maximum absolute atomic E-state index is 11.4. The Hall–Kier alpha value is -1.39. The van der Waals surface area contributed by atoms with Gasteiger partial charge in [-0.15, -0.1) is 0 Å². The Morgan fingerprint density at radius 1 is 1.56 bits per heavy atom. The second kappa shape index (κ2) is 5.08. The molecule has 4 nitrogen and oxygen atoms in total. The van der Waals surface area contributed by atoms with Crippen LogP contribution in [0.25, 0.3) is 0 Å². The highest BCUT2D eigenvalue weighted by molar-refractivity contribution is 5.78. The lowest BCUT2D eigenvalue weighted by molar-refractivity contribution is -0.146. The Balaban J connectivity index is 2.17. The zero-order valence-electron chi connectivity index (χ0n) is 10.8. The lowest BCUT2D eigenvalue weighted by Crippen LogP contribution is -2.53. The molecule has 0 saturated heterocycles. The van der Waals surface area contributed by atoms with E-state index >= 15 is 0 Å². The van der Waals surface area contributed by atoms with Gasteiger partial charge >= 0.3 is 5.97 Å². The van der Waals surface area contributed by atoms with Gasteiger partial charge in [-0.1, -0.05) is 24.3 Å². The third kappa shape index (κ3) is 2.40. The van der Waals surface area contributed by atoms with Gasteiger partial charge < -0.3 is 9.84 Å². The number of methoxy groups -OCH3 is 1. The minimum absolute atomic E-state index is 0.0949. The van der Waals surface area contributed by atoms with Crippen molar-refractivity contribution in [2.45, 2.75) is 31.3 Å². The van der Waals surface area contributed by atoms with Crippen LogP contribution in [0.4, 0.5) is 0 Å². The van der Waals surface area contributed by atoms with Crippen molar-refractivity contribution >= 4 is 5.97 Å². The molecule has 18 heavy (non-hydrogen) atoms.